The summed E-state index contributed by atoms with van der Waals surface area (Å²) in [6.45, 7) is 0. The third-order valence-electron chi connectivity index (χ3n) is 3.04. The Bertz CT molecular complexity index is 838. The van der Waals surface area contributed by atoms with E-state index in [0.717, 1.165) is 11.3 Å². The zero-order chi connectivity index (χ0) is 18.3. The molecule has 4 N–H and O–H groups in total. The van der Waals surface area contributed by atoms with Gasteiger partial charge in [0.1, 0.15) is 17.2 Å². The number of aromatic hydroxyl groups is 1. The summed E-state index contributed by atoms with van der Waals surface area (Å²) in [5, 5.41) is 10.1. The van der Waals surface area contributed by atoms with Crippen molar-refractivity contribution in [1.29, 1.82) is 0 Å². The number of ether oxygens (including phenoxy) is 1. The number of benzene rings is 3. The summed E-state index contributed by atoms with van der Waals surface area (Å²) in [4.78, 5) is 21.6. The molecular weight excluding hydrogens is 343 g/mol. The molecule has 3 rings (SSSR count). The Morgan fingerprint density at radius 3 is 1.80 bits per heavy atom. The molecule has 0 fully saturated rings. The van der Waals surface area contributed by atoms with Crippen LogP contribution >= 0.6 is 7.82 Å². The Morgan fingerprint density at radius 1 is 0.720 bits per heavy atom. The minimum absolute atomic E-state index is 0.213. The van der Waals surface area contributed by atoms with Crippen LogP contribution < -0.4 is 4.74 Å². The molecule has 0 atom stereocenters. The number of hydrogen-bond donors (Lipinski definition) is 4. The van der Waals surface area contributed by atoms with Crippen LogP contribution in [0.2, 0.25) is 0 Å². The maximum Gasteiger partial charge on any atom is 0.466 e. The van der Waals surface area contributed by atoms with Gasteiger partial charge in [-0.1, -0.05) is 54.6 Å². The van der Waals surface area contributed by atoms with Gasteiger partial charge in [0.2, 0.25) is 0 Å². The van der Waals surface area contributed by atoms with E-state index in [-0.39, 0.29) is 5.75 Å². The summed E-state index contributed by atoms with van der Waals surface area (Å²) in [5.41, 5.74) is 1.63. The predicted octanol–water partition coefficient (Wildman–Crippen LogP) is 3.92. The molecule has 3 aromatic carbocycles. The maximum absolute atomic E-state index is 10.1. The van der Waals surface area contributed by atoms with Gasteiger partial charge in [-0.25, -0.2) is 4.57 Å². The summed E-state index contributed by atoms with van der Waals surface area (Å²) < 4.78 is 14.8. The highest BCUT2D eigenvalue weighted by atomic mass is 31.2. The topological polar surface area (TPSA) is 107 Å². The van der Waals surface area contributed by atoms with Crippen molar-refractivity contribution in [3.8, 4) is 28.4 Å². The zero-order valence-electron chi connectivity index (χ0n) is 13.1. The van der Waals surface area contributed by atoms with Crippen molar-refractivity contribution in [1.82, 2.24) is 0 Å². The average molecular weight is 360 g/mol. The summed E-state index contributed by atoms with van der Waals surface area (Å²) in [6.07, 6.45) is 0. The maximum atomic E-state index is 10.1. The van der Waals surface area contributed by atoms with Crippen molar-refractivity contribution in [2.24, 2.45) is 0 Å². The van der Waals surface area contributed by atoms with E-state index in [1.54, 1.807) is 12.1 Å². The lowest BCUT2D eigenvalue weighted by atomic mass is 10.0. The van der Waals surface area contributed by atoms with E-state index in [0.29, 0.717) is 11.3 Å². The number of phenolic OH excluding ortho intramolecular Hbond substituents is 1. The lowest BCUT2D eigenvalue weighted by Crippen LogP contribution is -1.88. The standard InChI is InChI=1S/C18H14O2.H3O4P/c19-16-12-7-13-17(20-15-10-5-2-6-11-15)18(16)14-8-3-1-4-9-14;1-5(2,3)4/h1-13,19H;(H3,1,2,3,4). The molecule has 0 aliphatic heterocycles. The molecule has 6 nitrogen and oxygen atoms in total. The SMILES string of the molecule is O=P(O)(O)O.Oc1cccc(Oc2ccccc2)c1-c1ccccc1. The zero-order valence-corrected chi connectivity index (χ0v) is 14.0. The van der Waals surface area contributed by atoms with Gasteiger partial charge in [-0.3, -0.25) is 0 Å². The number of phenols is 1. The second-order valence-corrected chi connectivity index (χ2v) is 5.97. The smallest absolute Gasteiger partial charge is 0.466 e. The molecule has 0 unspecified atom stereocenters. The van der Waals surface area contributed by atoms with Crippen LogP contribution in [0.5, 0.6) is 17.2 Å². The largest absolute Gasteiger partial charge is 0.507 e. The monoisotopic (exact) mass is 360 g/mol. The molecule has 25 heavy (non-hydrogen) atoms. The first kappa shape index (κ1) is 18.7. The van der Waals surface area contributed by atoms with E-state index < -0.39 is 7.82 Å². The van der Waals surface area contributed by atoms with Crippen LogP contribution in [-0.4, -0.2) is 19.8 Å². The molecule has 0 spiro atoms. The van der Waals surface area contributed by atoms with Gasteiger partial charge in [0.25, 0.3) is 0 Å². The van der Waals surface area contributed by atoms with Crippen LogP contribution in [0.15, 0.2) is 78.9 Å². The third-order valence-corrected chi connectivity index (χ3v) is 3.04. The molecule has 0 bridgehead atoms. The third kappa shape index (κ3) is 6.41. The Kier molecular flexibility index (Phi) is 6.33. The van der Waals surface area contributed by atoms with Gasteiger partial charge in [-0.15, -0.1) is 0 Å². The molecule has 0 aliphatic carbocycles. The van der Waals surface area contributed by atoms with E-state index in [4.69, 9.17) is 24.0 Å². The first-order valence-electron chi connectivity index (χ1n) is 7.23. The molecule has 7 heteroatoms. The highest BCUT2D eigenvalue weighted by Gasteiger charge is 2.11. The van der Waals surface area contributed by atoms with Crippen LogP contribution in [-0.2, 0) is 4.57 Å². The van der Waals surface area contributed by atoms with Crippen LogP contribution in [0.25, 0.3) is 11.1 Å². The fourth-order valence-electron chi connectivity index (χ4n) is 2.12. The first-order chi connectivity index (χ1) is 11.8. The number of phosphoric acid groups is 1. The molecule has 0 saturated carbocycles. The first-order valence-corrected chi connectivity index (χ1v) is 8.79. The second-order valence-electron chi connectivity index (χ2n) is 4.94. The second kappa shape index (κ2) is 8.46. The quantitative estimate of drug-likeness (QED) is 0.527. The minimum atomic E-state index is -4.64. The van der Waals surface area contributed by atoms with Crippen molar-refractivity contribution in [3.05, 3.63) is 78.9 Å². The molecule has 0 aliphatic rings. The minimum Gasteiger partial charge on any atom is -0.507 e. The van der Waals surface area contributed by atoms with E-state index in [2.05, 4.69) is 0 Å². The highest BCUT2D eigenvalue weighted by Crippen LogP contribution is 2.39. The van der Waals surface area contributed by atoms with E-state index in [9.17, 15) is 5.11 Å². The summed E-state index contributed by atoms with van der Waals surface area (Å²) in [6, 6.07) is 24.6. The fourth-order valence-corrected chi connectivity index (χ4v) is 2.12. The van der Waals surface area contributed by atoms with E-state index in [1.807, 2.05) is 66.7 Å². The van der Waals surface area contributed by atoms with Crippen molar-refractivity contribution in [2.45, 2.75) is 0 Å². The van der Waals surface area contributed by atoms with E-state index in [1.165, 1.54) is 0 Å². The number of hydrogen-bond acceptors (Lipinski definition) is 3. The van der Waals surface area contributed by atoms with Crippen molar-refractivity contribution >= 4 is 7.82 Å². The van der Waals surface area contributed by atoms with Gasteiger partial charge < -0.3 is 24.5 Å². The lowest BCUT2D eigenvalue weighted by Gasteiger charge is -2.12. The van der Waals surface area contributed by atoms with Crippen LogP contribution in [0, 0.1) is 0 Å². The van der Waals surface area contributed by atoms with Crippen LogP contribution in [0.3, 0.4) is 0 Å². The molecule has 0 aromatic heterocycles. The summed E-state index contributed by atoms with van der Waals surface area (Å²) in [7, 11) is -4.64. The average Bonchev–Trinajstić information content (AvgIpc) is 2.55. The van der Waals surface area contributed by atoms with Gasteiger partial charge in [-0.05, 0) is 29.8 Å². The van der Waals surface area contributed by atoms with Crippen molar-refractivity contribution in [3.63, 3.8) is 0 Å². The molecule has 0 saturated heterocycles. The Labute approximate surface area is 144 Å². The summed E-state index contributed by atoms with van der Waals surface area (Å²) in [5.74, 6) is 1.60. The van der Waals surface area contributed by atoms with Gasteiger partial charge in [-0.2, -0.15) is 0 Å². The molecule has 0 radical (unpaired) electrons. The molecule has 130 valence electrons. The van der Waals surface area contributed by atoms with Crippen molar-refractivity contribution < 1.29 is 29.1 Å². The Balaban J connectivity index is 0.000000399. The molecular formula is C18H17O6P. The Hall–Kier alpha value is -2.63. The molecule has 0 amide bonds. The van der Waals surface area contributed by atoms with Gasteiger partial charge in [0, 0.05) is 0 Å². The number of para-hydroxylation sites is 1. The van der Waals surface area contributed by atoms with Crippen LogP contribution in [0.1, 0.15) is 0 Å². The highest BCUT2D eigenvalue weighted by molar-refractivity contribution is 7.45. The Morgan fingerprint density at radius 2 is 1.24 bits per heavy atom. The summed E-state index contributed by atoms with van der Waals surface area (Å²) >= 11 is 0. The number of rotatable bonds is 3. The lowest BCUT2D eigenvalue weighted by molar-refractivity contribution is 0.275. The van der Waals surface area contributed by atoms with E-state index >= 15 is 0 Å². The van der Waals surface area contributed by atoms with Gasteiger partial charge in [0.15, 0.2) is 0 Å². The van der Waals surface area contributed by atoms with Crippen molar-refractivity contribution in [2.75, 3.05) is 0 Å². The van der Waals surface area contributed by atoms with Crippen LogP contribution in [0.4, 0.5) is 0 Å². The normalized spacial score (nSPS) is 10.5. The molecule has 0 heterocycles. The van der Waals surface area contributed by atoms with Gasteiger partial charge >= 0.3 is 7.82 Å². The fraction of sp³-hybridized carbons (Fsp3) is 0. The predicted molar refractivity (Wildman–Crippen MR) is 94.3 cm³/mol. The van der Waals surface area contributed by atoms with Gasteiger partial charge in [0.05, 0.1) is 5.56 Å². The molecule has 3 aromatic rings.